The summed E-state index contributed by atoms with van der Waals surface area (Å²) < 4.78 is 11.9. The molecule has 0 fully saturated rings. The van der Waals surface area contributed by atoms with E-state index >= 15 is 0 Å². The summed E-state index contributed by atoms with van der Waals surface area (Å²) in [4.78, 5) is 0. The first-order valence-electron chi connectivity index (χ1n) is 15.9. The van der Waals surface area contributed by atoms with Crippen molar-refractivity contribution in [3.63, 3.8) is 0 Å². The number of ether oxygens (including phenoxy) is 2. The van der Waals surface area contributed by atoms with E-state index in [4.69, 9.17) is 9.47 Å². The molecule has 0 saturated heterocycles. The summed E-state index contributed by atoms with van der Waals surface area (Å²) in [5.74, 6) is 1.81. The van der Waals surface area contributed by atoms with E-state index in [2.05, 4.69) is 133 Å². The van der Waals surface area contributed by atoms with Gasteiger partial charge in [0.1, 0.15) is 11.5 Å². The van der Waals surface area contributed by atoms with Crippen molar-refractivity contribution in [3.8, 4) is 33.8 Å². The molecular formula is C43H32O2. The fraction of sp³-hybridized carbons (Fsp3) is 0.163. The fourth-order valence-electron chi connectivity index (χ4n) is 10.1. The Labute approximate surface area is 263 Å². The van der Waals surface area contributed by atoms with Gasteiger partial charge < -0.3 is 9.47 Å². The standard InChI is InChI=1S/C43H32O2/c1-44-27-19-21-37-39(23-27)41(25-42(37)33-15-7-3-11-29(33)30-12-4-8-16-34(30)42)26-43(38-22-20-28(45-2)24-40(38)41)35-17-9-5-13-31(35)32-14-6-10-18-36(32)43/h3-24H,25-26H2,1-2H3. The van der Waals surface area contributed by atoms with Crippen molar-refractivity contribution in [1.82, 2.24) is 0 Å². The fourth-order valence-corrected chi connectivity index (χ4v) is 10.1. The third-order valence-corrected chi connectivity index (χ3v) is 11.7. The van der Waals surface area contributed by atoms with Crippen LogP contribution >= 0.6 is 0 Å². The minimum Gasteiger partial charge on any atom is -0.497 e. The maximum atomic E-state index is 5.97. The minimum atomic E-state index is -0.289. The topological polar surface area (TPSA) is 18.5 Å². The number of methoxy groups -OCH3 is 2. The molecule has 6 aromatic rings. The highest BCUT2D eigenvalue weighted by molar-refractivity contribution is 5.89. The molecule has 45 heavy (non-hydrogen) atoms. The summed E-state index contributed by atoms with van der Waals surface area (Å²) in [5.41, 5.74) is 15.7. The van der Waals surface area contributed by atoms with Crippen LogP contribution in [0.3, 0.4) is 0 Å². The summed E-state index contributed by atoms with van der Waals surface area (Å²) in [6.07, 6.45) is 1.89. The largest absolute Gasteiger partial charge is 0.497 e. The molecule has 0 atom stereocenters. The Morgan fingerprint density at radius 2 is 0.711 bits per heavy atom. The Kier molecular flexibility index (Phi) is 4.80. The van der Waals surface area contributed by atoms with Gasteiger partial charge in [0.25, 0.3) is 0 Å². The Bertz CT molecular complexity index is 1970. The number of rotatable bonds is 2. The molecule has 10 rings (SSSR count). The molecule has 0 aliphatic heterocycles. The second kappa shape index (κ2) is 8.55. The van der Waals surface area contributed by atoms with Crippen LogP contribution in [-0.4, -0.2) is 14.2 Å². The first kappa shape index (κ1) is 25.3. The molecule has 0 N–H and O–H groups in total. The molecule has 4 aliphatic rings. The Hall–Kier alpha value is -5.08. The summed E-state index contributed by atoms with van der Waals surface area (Å²) >= 11 is 0. The average Bonchev–Trinajstić information content (AvgIpc) is 3.77. The van der Waals surface area contributed by atoms with Crippen molar-refractivity contribution < 1.29 is 9.47 Å². The second-order valence-electron chi connectivity index (χ2n) is 13.3. The first-order valence-corrected chi connectivity index (χ1v) is 15.9. The van der Waals surface area contributed by atoms with Gasteiger partial charge in [0.2, 0.25) is 0 Å². The first-order chi connectivity index (χ1) is 22.2. The Morgan fingerprint density at radius 1 is 0.378 bits per heavy atom. The van der Waals surface area contributed by atoms with Crippen molar-refractivity contribution in [2.45, 2.75) is 29.1 Å². The summed E-state index contributed by atoms with van der Waals surface area (Å²) in [6.45, 7) is 0. The van der Waals surface area contributed by atoms with Gasteiger partial charge in [-0.1, -0.05) is 109 Å². The molecular weight excluding hydrogens is 548 g/mol. The monoisotopic (exact) mass is 580 g/mol. The molecule has 0 unspecified atom stereocenters. The van der Waals surface area contributed by atoms with E-state index < -0.39 is 0 Å². The highest BCUT2D eigenvalue weighted by Crippen LogP contribution is 2.72. The van der Waals surface area contributed by atoms with E-state index in [-0.39, 0.29) is 16.2 Å². The second-order valence-corrected chi connectivity index (χ2v) is 13.3. The summed E-state index contributed by atoms with van der Waals surface area (Å²) in [5, 5.41) is 0. The van der Waals surface area contributed by atoms with Crippen LogP contribution < -0.4 is 9.47 Å². The number of hydrogen-bond donors (Lipinski definition) is 0. The molecule has 2 nitrogen and oxygen atoms in total. The highest BCUT2D eigenvalue weighted by atomic mass is 16.5. The van der Waals surface area contributed by atoms with Crippen LogP contribution in [0, 0.1) is 0 Å². The molecule has 3 spiro atoms. The zero-order chi connectivity index (χ0) is 30.0. The van der Waals surface area contributed by atoms with Gasteiger partial charge in [0.15, 0.2) is 0 Å². The molecule has 6 aromatic carbocycles. The molecule has 0 amide bonds. The SMILES string of the molecule is COc1ccc2c(c1)C1(CC23c2ccccc2-c2ccccc23)CC2(c3ccccc3-c3ccccc32)c2ccc(OC)cc21. The zero-order valence-corrected chi connectivity index (χ0v) is 25.4. The molecule has 0 radical (unpaired) electrons. The maximum Gasteiger partial charge on any atom is 0.119 e. The zero-order valence-electron chi connectivity index (χ0n) is 25.4. The van der Waals surface area contributed by atoms with Crippen LogP contribution in [-0.2, 0) is 16.2 Å². The third-order valence-electron chi connectivity index (χ3n) is 11.7. The summed E-state index contributed by atoms with van der Waals surface area (Å²) in [6, 6.07) is 50.1. The van der Waals surface area contributed by atoms with Crippen LogP contribution in [0.5, 0.6) is 11.5 Å². The van der Waals surface area contributed by atoms with E-state index in [1.165, 1.54) is 66.8 Å². The average molecular weight is 581 g/mol. The van der Waals surface area contributed by atoms with Gasteiger partial charge in [-0.15, -0.1) is 0 Å². The number of benzene rings is 6. The quantitative estimate of drug-likeness (QED) is 0.203. The van der Waals surface area contributed by atoms with Gasteiger partial charge in [-0.2, -0.15) is 0 Å². The third kappa shape index (κ3) is 2.83. The predicted molar refractivity (Wildman–Crippen MR) is 180 cm³/mol. The van der Waals surface area contributed by atoms with E-state index in [1.54, 1.807) is 14.2 Å². The lowest BCUT2D eigenvalue weighted by Crippen LogP contribution is -2.32. The number of hydrogen-bond acceptors (Lipinski definition) is 2. The lowest BCUT2D eigenvalue weighted by Gasteiger charge is -2.35. The van der Waals surface area contributed by atoms with Crippen molar-refractivity contribution >= 4 is 0 Å². The molecule has 4 aliphatic carbocycles. The number of fused-ring (bicyclic) bond motifs is 16. The maximum absolute atomic E-state index is 5.97. The van der Waals surface area contributed by atoms with Crippen LogP contribution in [0.2, 0.25) is 0 Å². The van der Waals surface area contributed by atoms with Crippen molar-refractivity contribution in [1.29, 1.82) is 0 Å². The highest BCUT2D eigenvalue weighted by Gasteiger charge is 2.65. The van der Waals surface area contributed by atoms with E-state index in [0.717, 1.165) is 24.3 Å². The Morgan fingerprint density at radius 3 is 1.04 bits per heavy atom. The van der Waals surface area contributed by atoms with Crippen LogP contribution in [0.4, 0.5) is 0 Å². The molecule has 0 aromatic heterocycles. The van der Waals surface area contributed by atoms with E-state index in [9.17, 15) is 0 Å². The lowest BCUT2D eigenvalue weighted by molar-refractivity contribution is 0.393. The lowest BCUT2D eigenvalue weighted by atomic mass is 9.66. The van der Waals surface area contributed by atoms with Crippen LogP contribution in [0.25, 0.3) is 22.3 Å². The van der Waals surface area contributed by atoms with Gasteiger partial charge in [0, 0.05) is 16.2 Å². The van der Waals surface area contributed by atoms with Gasteiger partial charge in [-0.25, -0.2) is 0 Å². The van der Waals surface area contributed by atoms with Crippen molar-refractivity contribution in [3.05, 3.63) is 178 Å². The van der Waals surface area contributed by atoms with E-state index in [0.29, 0.717) is 0 Å². The summed E-state index contributed by atoms with van der Waals surface area (Å²) in [7, 11) is 3.58. The van der Waals surface area contributed by atoms with Gasteiger partial charge in [-0.05, 0) is 104 Å². The molecule has 0 heterocycles. The van der Waals surface area contributed by atoms with E-state index in [1.807, 2.05) is 0 Å². The van der Waals surface area contributed by atoms with Gasteiger partial charge >= 0.3 is 0 Å². The van der Waals surface area contributed by atoms with Gasteiger partial charge in [0.05, 0.1) is 14.2 Å². The Balaban J connectivity index is 1.35. The molecule has 216 valence electrons. The molecule has 2 heteroatoms. The van der Waals surface area contributed by atoms with Gasteiger partial charge in [-0.3, -0.25) is 0 Å². The van der Waals surface area contributed by atoms with Crippen LogP contribution in [0.15, 0.2) is 133 Å². The van der Waals surface area contributed by atoms with Crippen molar-refractivity contribution in [2.24, 2.45) is 0 Å². The van der Waals surface area contributed by atoms with Crippen LogP contribution in [0.1, 0.15) is 57.3 Å². The normalized spacial score (nSPS) is 17.5. The minimum absolute atomic E-state index is 0.279. The predicted octanol–water partition coefficient (Wildman–Crippen LogP) is 9.43. The van der Waals surface area contributed by atoms with Crippen molar-refractivity contribution in [2.75, 3.05) is 14.2 Å². The molecule has 0 saturated carbocycles. The molecule has 0 bridgehead atoms. The smallest absolute Gasteiger partial charge is 0.119 e.